The van der Waals surface area contributed by atoms with E-state index >= 15 is 0 Å². The molecule has 2 rings (SSSR count). The van der Waals surface area contributed by atoms with Crippen molar-refractivity contribution in [1.29, 1.82) is 0 Å². The van der Waals surface area contributed by atoms with Crippen LogP contribution in [0.25, 0.3) is 12.2 Å². The molecular formula is C16H13Cl3. The molecule has 0 aromatic heterocycles. The fourth-order valence-corrected chi connectivity index (χ4v) is 1.98. The Bertz CT molecular complexity index is 536. The smallest absolute Gasteiger partial charge is 0.0493 e. The molecule has 0 spiro atoms. The number of rotatable bonds is 2. The van der Waals surface area contributed by atoms with Gasteiger partial charge in [0.1, 0.15) is 0 Å². The maximum absolute atomic E-state index is 5.77. The van der Waals surface area contributed by atoms with E-state index in [1.165, 1.54) is 0 Å². The van der Waals surface area contributed by atoms with E-state index in [9.17, 15) is 0 Å². The van der Waals surface area contributed by atoms with Gasteiger partial charge < -0.3 is 0 Å². The van der Waals surface area contributed by atoms with E-state index in [0.717, 1.165) is 16.1 Å². The minimum Gasteiger partial charge on any atom is -0.0985 e. The van der Waals surface area contributed by atoms with Crippen LogP contribution in [-0.4, -0.2) is 0 Å². The highest BCUT2D eigenvalue weighted by Crippen LogP contribution is 2.24. The number of benzene rings is 2. The molecule has 0 heterocycles. The van der Waals surface area contributed by atoms with Gasteiger partial charge in [-0.15, -0.1) is 0 Å². The zero-order valence-electron chi connectivity index (χ0n) is 10.2. The van der Waals surface area contributed by atoms with E-state index in [2.05, 4.69) is 13.2 Å². The van der Waals surface area contributed by atoms with Crippen LogP contribution in [0, 0.1) is 0 Å². The van der Waals surface area contributed by atoms with E-state index in [-0.39, 0.29) is 0 Å². The molecule has 0 aliphatic heterocycles. The Hall–Kier alpha value is -1.21. The van der Waals surface area contributed by atoms with E-state index in [1.54, 1.807) is 30.4 Å². The second kappa shape index (κ2) is 8.06. The largest absolute Gasteiger partial charge is 0.0985 e. The average Bonchev–Trinajstić information content (AvgIpc) is 2.41. The Balaban J connectivity index is 0.000000191. The van der Waals surface area contributed by atoms with Gasteiger partial charge in [-0.3, -0.25) is 0 Å². The molecule has 2 aromatic carbocycles. The Labute approximate surface area is 128 Å². The van der Waals surface area contributed by atoms with Gasteiger partial charge in [0.25, 0.3) is 0 Å². The fourth-order valence-electron chi connectivity index (χ4n) is 1.30. The molecule has 2 aromatic rings. The first-order valence-electron chi connectivity index (χ1n) is 5.53. The molecule has 0 aliphatic rings. The van der Waals surface area contributed by atoms with Gasteiger partial charge in [-0.25, -0.2) is 0 Å². The normalized spacial score (nSPS) is 9.21. The Morgan fingerprint density at radius 1 is 0.737 bits per heavy atom. The predicted molar refractivity (Wildman–Crippen MR) is 88.1 cm³/mol. The Morgan fingerprint density at radius 2 is 1.26 bits per heavy atom. The van der Waals surface area contributed by atoms with E-state index in [4.69, 9.17) is 34.8 Å². The summed E-state index contributed by atoms with van der Waals surface area (Å²) >= 11 is 17.2. The molecular weight excluding hydrogens is 299 g/mol. The third-order valence-electron chi connectivity index (χ3n) is 2.31. The summed E-state index contributed by atoms with van der Waals surface area (Å²) in [6, 6.07) is 12.9. The predicted octanol–water partition coefficient (Wildman–Crippen LogP) is 6.62. The van der Waals surface area contributed by atoms with Crippen molar-refractivity contribution in [2.24, 2.45) is 0 Å². The van der Waals surface area contributed by atoms with Crippen molar-refractivity contribution in [2.75, 3.05) is 0 Å². The van der Waals surface area contributed by atoms with Crippen LogP contribution in [0.5, 0.6) is 0 Å². The summed E-state index contributed by atoms with van der Waals surface area (Å²) < 4.78 is 0. The standard InChI is InChI=1S/C8H6Cl2.C8H7Cl/c1-2-6-7(9)4-3-5-8(6)10;1-2-7-3-5-8(9)6-4-7/h2-5H,1H2;2-6H,1H2. The molecule has 0 N–H and O–H groups in total. The third-order valence-corrected chi connectivity index (χ3v) is 3.22. The van der Waals surface area contributed by atoms with Gasteiger partial charge in [0.2, 0.25) is 0 Å². The molecule has 0 atom stereocenters. The highest BCUT2D eigenvalue weighted by atomic mass is 35.5. The van der Waals surface area contributed by atoms with Crippen molar-refractivity contribution in [1.82, 2.24) is 0 Å². The van der Waals surface area contributed by atoms with Gasteiger partial charge >= 0.3 is 0 Å². The van der Waals surface area contributed by atoms with Crippen LogP contribution in [0.2, 0.25) is 15.1 Å². The van der Waals surface area contributed by atoms with Crippen LogP contribution >= 0.6 is 34.8 Å². The summed E-state index contributed by atoms with van der Waals surface area (Å²) in [5, 5.41) is 2.05. The van der Waals surface area contributed by atoms with E-state index < -0.39 is 0 Å². The van der Waals surface area contributed by atoms with E-state index in [0.29, 0.717) is 10.0 Å². The average molecular weight is 312 g/mol. The van der Waals surface area contributed by atoms with Crippen molar-refractivity contribution in [3.8, 4) is 0 Å². The van der Waals surface area contributed by atoms with Crippen LogP contribution in [0.3, 0.4) is 0 Å². The fraction of sp³-hybridized carbons (Fsp3) is 0. The molecule has 0 fully saturated rings. The first kappa shape index (κ1) is 15.8. The SMILES string of the molecule is C=Cc1c(Cl)cccc1Cl.C=Cc1ccc(Cl)cc1. The first-order valence-corrected chi connectivity index (χ1v) is 6.66. The third kappa shape index (κ3) is 5.12. The summed E-state index contributed by atoms with van der Waals surface area (Å²) in [6.07, 6.45) is 3.43. The van der Waals surface area contributed by atoms with Gasteiger partial charge in [-0.05, 0) is 29.8 Å². The van der Waals surface area contributed by atoms with Crippen molar-refractivity contribution >= 4 is 47.0 Å². The minimum atomic E-state index is 0.641. The van der Waals surface area contributed by atoms with Gasteiger partial charge in [0, 0.05) is 20.6 Å². The minimum absolute atomic E-state index is 0.641. The molecule has 0 amide bonds. The molecule has 0 aliphatic carbocycles. The summed E-state index contributed by atoms with van der Waals surface area (Å²) in [5.74, 6) is 0. The number of hydrogen-bond acceptors (Lipinski definition) is 0. The van der Waals surface area contributed by atoms with Crippen LogP contribution in [0.4, 0.5) is 0 Å². The molecule has 0 saturated heterocycles. The zero-order chi connectivity index (χ0) is 14.3. The van der Waals surface area contributed by atoms with Gasteiger partial charge in [-0.1, -0.05) is 78.3 Å². The Morgan fingerprint density at radius 3 is 1.63 bits per heavy atom. The highest BCUT2D eigenvalue weighted by Gasteiger charge is 1.98. The molecule has 0 bridgehead atoms. The van der Waals surface area contributed by atoms with Crippen molar-refractivity contribution in [3.63, 3.8) is 0 Å². The van der Waals surface area contributed by atoms with Gasteiger partial charge in [0.15, 0.2) is 0 Å². The second-order valence-electron chi connectivity index (χ2n) is 3.60. The molecule has 0 unspecified atom stereocenters. The van der Waals surface area contributed by atoms with Gasteiger partial charge in [0.05, 0.1) is 0 Å². The van der Waals surface area contributed by atoms with Crippen molar-refractivity contribution in [2.45, 2.75) is 0 Å². The van der Waals surface area contributed by atoms with Crippen molar-refractivity contribution < 1.29 is 0 Å². The maximum Gasteiger partial charge on any atom is 0.0493 e. The summed E-state index contributed by atoms with van der Waals surface area (Å²) in [5.41, 5.74) is 1.89. The van der Waals surface area contributed by atoms with Crippen LogP contribution < -0.4 is 0 Å². The molecule has 19 heavy (non-hydrogen) atoms. The summed E-state index contributed by atoms with van der Waals surface area (Å²) in [7, 11) is 0. The maximum atomic E-state index is 5.77. The van der Waals surface area contributed by atoms with Crippen LogP contribution in [-0.2, 0) is 0 Å². The lowest BCUT2D eigenvalue weighted by Crippen LogP contribution is -1.74. The molecule has 0 saturated carbocycles. The van der Waals surface area contributed by atoms with Crippen molar-refractivity contribution in [3.05, 3.63) is 81.8 Å². The lowest BCUT2D eigenvalue weighted by molar-refractivity contribution is 1.66. The number of hydrogen-bond donors (Lipinski definition) is 0. The zero-order valence-corrected chi connectivity index (χ0v) is 12.5. The monoisotopic (exact) mass is 310 g/mol. The first-order chi connectivity index (χ1) is 9.08. The lowest BCUT2D eigenvalue weighted by Gasteiger charge is -1.98. The summed E-state index contributed by atoms with van der Waals surface area (Å²) in [4.78, 5) is 0. The quantitative estimate of drug-likeness (QED) is 0.584. The van der Waals surface area contributed by atoms with Gasteiger partial charge in [-0.2, -0.15) is 0 Å². The number of halogens is 3. The van der Waals surface area contributed by atoms with Crippen LogP contribution in [0.1, 0.15) is 11.1 Å². The molecule has 98 valence electrons. The molecule has 0 radical (unpaired) electrons. The van der Waals surface area contributed by atoms with Crippen LogP contribution in [0.15, 0.2) is 55.6 Å². The lowest BCUT2D eigenvalue weighted by atomic mass is 10.2. The Kier molecular flexibility index (Phi) is 6.72. The van der Waals surface area contributed by atoms with E-state index in [1.807, 2.05) is 24.3 Å². The molecule has 3 heteroatoms. The second-order valence-corrected chi connectivity index (χ2v) is 4.85. The summed E-state index contributed by atoms with van der Waals surface area (Å²) in [6.45, 7) is 7.20. The molecule has 0 nitrogen and oxygen atoms in total. The highest BCUT2D eigenvalue weighted by molar-refractivity contribution is 6.37. The topological polar surface area (TPSA) is 0 Å².